The van der Waals surface area contributed by atoms with Gasteiger partial charge in [0.1, 0.15) is 0 Å². The second kappa shape index (κ2) is 6.19. The Morgan fingerprint density at radius 1 is 1.23 bits per heavy atom. The van der Waals surface area contributed by atoms with Crippen LogP contribution in [0.1, 0.15) is 31.7 Å². The highest BCUT2D eigenvalue weighted by molar-refractivity contribution is 14.1. The van der Waals surface area contributed by atoms with Crippen molar-refractivity contribution < 1.29 is 0 Å². The lowest BCUT2D eigenvalue weighted by molar-refractivity contribution is 0.816. The summed E-state index contributed by atoms with van der Waals surface area (Å²) in [5, 5.41) is 0. The summed E-state index contributed by atoms with van der Waals surface area (Å²) < 4.78 is 1.29. The van der Waals surface area contributed by atoms with Gasteiger partial charge in [0.15, 0.2) is 0 Å². The second-order valence-corrected chi connectivity index (χ2v) is 4.34. The molecular formula is C12H15I. The highest BCUT2D eigenvalue weighted by atomic mass is 127. The topological polar surface area (TPSA) is 0 Å². The van der Waals surface area contributed by atoms with E-state index in [2.05, 4.69) is 65.9 Å². The molecule has 13 heavy (non-hydrogen) atoms. The molecule has 0 aliphatic heterocycles. The average Bonchev–Trinajstić information content (AvgIpc) is 2.15. The highest BCUT2D eigenvalue weighted by Gasteiger charge is 1.86. The van der Waals surface area contributed by atoms with Gasteiger partial charge in [0, 0.05) is 3.57 Å². The van der Waals surface area contributed by atoms with Gasteiger partial charge in [0.2, 0.25) is 0 Å². The van der Waals surface area contributed by atoms with Crippen molar-refractivity contribution in [2.24, 2.45) is 0 Å². The molecule has 1 heteroatoms. The summed E-state index contributed by atoms with van der Waals surface area (Å²) in [6, 6.07) is 8.59. The summed E-state index contributed by atoms with van der Waals surface area (Å²) in [6.07, 6.45) is 8.22. The molecule has 0 aliphatic carbocycles. The van der Waals surface area contributed by atoms with Gasteiger partial charge in [0.25, 0.3) is 0 Å². The number of unbranched alkanes of at least 4 members (excludes halogenated alkanes) is 2. The Morgan fingerprint density at radius 3 is 2.54 bits per heavy atom. The summed E-state index contributed by atoms with van der Waals surface area (Å²) in [7, 11) is 0. The molecule has 0 bridgehead atoms. The summed E-state index contributed by atoms with van der Waals surface area (Å²) in [5.74, 6) is 0. The first-order valence-corrected chi connectivity index (χ1v) is 5.83. The monoisotopic (exact) mass is 286 g/mol. The fourth-order valence-electron chi connectivity index (χ4n) is 1.12. The van der Waals surface area contributed by atoms with E-state index < -0.39 is 0 Å². The number of hydrogen-bond acceptors (Lipinski definition) is 0. The van der Waals surface area contributed by atoms with Crippen molar-refractivity contribution in [3.8, 4) is 0 Å². The van der Waals surface area contributed by atoms with E-state index >= 15 is 0 Å². The van der Waals surface area contributed by atoms with Gasteiger partial charge in [-0.15, -0.1) is 0 Å². The lowest BCUT2D eigenvalue weighted by Gasteiger charge is -1.93. The molecule has 1 aromatic carbocycles. The van der Waals surface area contributed by atoms with Gasteiger partial charge in [-0.25, -0.2) is 0 Å². The van der Waals surface area contributed by atoms with Crippen molar-refractivity contribution in [1.29, 1.82) is 0 Å². The molecule has 0 saturated heterocycles. The summed E-state index contributed by atoms with van der Waals surface area (Å²) >= 11 is 2.32. The maximum Gasteiger partial charge on any atom is 0.0130 e. The fraction of sp³-hybridized carbons (Fsp3) is 0.333. The maximum absolute atomic E-state index is 2.32. The van der Waals surface area contributed by atoms with Crippen molar-refractivity contribution in [3.05, 3.63) is 39.5 Å². The van der Waals surface area contributed by atoms with E-state index in [1.165, 1.54) is 28.4 Å². The van der Waals surface area contributed by atoms with Crippen LogP contribution in [0, 0.1) is 3.57 Å². The average molecular weight is 286 g/mol. The molecule has 0 N–H and O–H groups in total. The van der Waals surface area contributed by atoms with Gasteiger partial charge in [0.05, 0.1) is 0 Å². The Morgan fingerprint density at radius 2 is 1.92 bits per heavy atom. The van der Waals surface area contributed by atoms with E-state index in [0.717, 1.165) is 0 Å². The number of hydrogen-bond donors (Lipinski definition) is 0. The molecule has 0 aliphatic rings. The van der Waals surface area contributed by atoms with Crippen LogP contribution in [-0.2, 0) is 0 Å². The first kappa shape index (κ1) is 10.8. The highest BCUT2D eigenvalue weighted by Crippen LogP contribution is 2.08. The maximum atomic E-state index is 2.32. The summed E-state index contributed by atoms with van der Waals surface area (Å²) in [6.45, 7) is 2.22. The zero-order valence-electron chi connectivity index (χ0n) is 7.96. The summed E-state index contributed by atoms with van der Waals surface area (Å²) in [4.78, 5) is 0. The molecule has 0 fully saturated rings. The normalized spacial score (nSPS) is 10.9. The number of allylic oxidation sites excluding steroid dienone is 1. The molecule has 0 unspecified atom stereocenters. The third kappa shape index (κ3) is 4.46. The molecule has 0 nitrogen and oxygen atoms in total. The quantitative estimate of drug-likeness (QED) is 0.565. The van der Waals surface area contributed by atoms with E-state index in [0.29, 0.717) is 0 Å². The van der Waals surface area contributed by atoms with E-state index in [1.54, 1.807) is 0 Å². The van der Waals surface area contributed by atoms with Crippen LogP contribution in [0.3, 0.4) is 0 Å². The first-order chi connectivity index (χ1) is 6.33. The third-order valence-electron chi connectivity index (χ3n) is 1.90. The Balaban J connectivity index is 2.44. The molecule has 0 amide bonds. The van der Waals surface area contributed by atoms with Crippen molar-refractivity contribution in [2.75, 3.05) is 0 Å². The molecule has 0 saturated carbocycles. The lowest BCUT2D eigenvalue weighted by Crippen LogP contribution is -1.73. The predicted molar refractivity (Wildman–Crippen MR) is 67.7 cm³/mol. The minimum Gasteiger partial charge on any atom is -0.0839 e. The zero-order valence-corrected chi connectivity index (χ0v) is 10.1. The number of rotatable bonds is 4. The van der Waals surface area contributed by atoms with Gasteiger partial charge in [-0.1, -0.05) is 44.1 Å². The van der Waals surface area contributed by atoms with Crippen LogP contribution in [0.4, 0.5) is 0 Å². The van der Waals surface area contributed by atoms with Crippen LogP contribution in [0.2, 0.25) is 0 Å². The van der Waals surface area contributed by atoms with Crippen LogP contribution >= 0.6 is 22.6 Å². The van der Waals surface area contributed by atoms with E-state index in [9.17, 15) is 0 Å². The predicted octanol–water partition coefficient (Wildman–Crippen LogP) is 4.49. The van der Waals surface area contributed by atoms with Crippen molar-refractivity contribution in [1.82, 2.24) is 0 Å². The van der Waals surface area contributed by atoms with Crippen molar-refractivity contribution in [2.45, 2.75) is 26.2 Å². The molecule has 0 atom stereocenters. The molecule has 1 rings (SSSR count). The van der Waals surface area contributed by atoms with Crippen LogP contribution in [0.15, 0.2) is 30.3 Å². The molecule has 0 heterocycles. The smallest absolute Gasteiger partial charge is 0.0130 e. The van der Waals surface area contributed by atoms with Gasteiger partial charge >= 0.3 is 0 Å². The Bertz CT molecular complexity index is 259. The fourth-order valence-corrected chi connectivity index (χ4v) is 1.47. The Kier molecular flexibility index (Phi) is 5.13. The van der Waals surface area contributed by atoms with E-state index in [-0.39, 0.29) is 0 Å². The molecule has 1 aromatic rings. The van der Waals surface area contributed by atoms with Gasteiger partial charge in [-0.05, 0) is 46.7 Å². The summed E-state index contributed by atoms with van der Waals surface area (Å²) in [5.41, 5.74) is 1.30. The lowest BCUT2D eigenvalue weighted by atomic mass is 10.2. The number of halogens is 1. The van der Waals surface area contributed by atoms with Gasteiger partial charge in [-0.3, -0.25) is 0 Å². The Hall–Kier alpha value is -0.310. The molecule has 0 spiro atoms. The SMILES string of the molecule is CCCC/C=C/c1ccc(I)cc1. The number of benzene rings is 1. The van der Waals surface area contributed by atoms with E-state index in [1.807, 2.05) is 0 Å². The molecule has 0 radical (unpaired) electrons. The van der Waals surface area contributed by atoms with Gasteiger partial charge < -0.3 is 0 Å². The van der Waals surface area contributed by atoms with Crippen LogP contribution in [-0.4, -0.2) is 0 Å². The zero-order chi connectivity index (χ0) is 9.52. The molecular weight excluding hydrogens is 271 g/mol. The minimum atomic E-state index is 1.20. The Labute approximate surface area is 94.2 Å². The van der Waals surface area contributed by atoms with Crippen LogP contribution in [0.5, 0.6) is 0 Å². The molecule has 0 aromatic heterocycles. The van der Waals surface area contributed by atoms with Gasteiger partial charge in [-0.2, -0.15) is 0 Å². The third-order valence-corrected chi connectivity index (χ3v) is 2.62. The first-order valence-electron chi connectivity index (χ1n) is 4.75. The molecule has 70 valence electrons. The van der Waals surface area contributed by atoms with Crippen LogP contribution < -0.4 is 0 Å². The second-order valence-electron chi connectivity index (χ2n) is 3.10. The van der Waals surface area contributed by atoms with Crippen molar-refractivity contribution in [3.63, 3.8) is 0 Å². The van der Waals surface area contributed by atoms with Crippen LogP contribution in [0.25, 0.3) is 6.08 Å². The standard InChI is InChI=1S/C12H15I/c1-2-3-4-5-6-11-7-9-12(13)10-8-11/h5-10H,2-4H2,1H3/b6-5+. The van der Waals surface area contributed by atoms with Crippen molar-refractivity contribution >= 4 is 28.7 Å². The minimum absolute atomic E-state index is 1.20. The largest absolute Gasteiger partial charge is 0.0839 e. The van der Waals surface area contributed by atoms with E-state index in [4.69, 9.17) is 0 Å².